The number of nitriles is 1. The highest BCUT2D eigenvalue weighted by molar-refractivity contribution is 7.98. The van der Waals surface area contributed by atoms with E-state index in [1.165, 1.54) is 11.3 Å². The predicted octanol–water partition coefficient (Wildman–Crippen LogP) is 2.05. The fourth-order valence-corrected chi connectivity index (χ4v) is 2.63. The minimum Gasteiger partial charge on any atom is -0.260 e. The number of hydrogen-bond donors (Lipinski definition) is 0. The highest BCUT2D eigenvalue weighted by Crippen LogP contribution is 2.26. The summed E-state index contributed by atoms with van der Waals surface area (Å²) in [5.41, 5.74) is 4.33. The Morgan fingerprint density at radius 1 is 1.62 bits per heavy atom. The minimum absolute atomic E-state index is 0.723. The summed E-state index contributed by atoms with van der Waals surface area (Å²) in [6.45, 7) is 2.02. The summed E-state index contributed by atoms with van der Waals surface area (Å²) in [4.78, 5) is 4.32. The van der Waals surface area contributed by atoms with Crippen LogP contribution in [0.25, 0.3) is 0 Å². The van der Waals surface area contributed by atoms with E-state index >= 15 is 0 Å². The van der Waals surface area contributed by atoms with E-state index in [1.54, 1.807) is 6.20 Å². The van der Waals surface area contributed by atoms with Gasteiger partial charge in [-0.25, -0.2) is 0 Å². The molecule has 0 N–H and O–H groups in total. The van der Waals surface area contributed by atoms with Gasteiger partial charge < -0.3 is 0 Å². The van der Waals surface area contributed by atoms with Gasteiger partial charge in [-0.15, -0.1) is 0 Å². The molecule has 1 aliphatic heterocycles. The molecule has 0 aromatic carbocycles. The van der Waals surface area contributed by atoms with Crippen LogP contribution in [-0.4, -0.2) is 10.7 Å². The average Bonchev–Trinajstić information content (AvgIpc) is 2.19. The zero-order valence-corrected chi connectivity index (χ0v) is 8.32. The molecule has 2 rings (SSSR count). The van der Waals surface area contributed by atoms with E-state index in [2.05, 4.69) is 11.1 Å². The highest BCUT2D eigenvalue weighted by Gasteiger charge is 2.14. The van der Waals surface area contributed by atoms with Crippen molar-refractivity contribution in [2.45, 2.75) is 19.1 Å². The zero-order valence-electron chi connectivity index (χ0n) is 7.50. The summed E-state index contributed by atoms with van der Waals surface area (Å²) in [6, 6.07) is 2.17. The third kappa shape index (κ3) is 1.42. The molecule has 0 unspecified atom stereocenters. The largest absolute Gasteiger partial charge is 0.260 e. The molecule has 0 bridgehead atoms. The molecule has 1 aliphatic rings. The Bertz CT molecular complexity index is 379. The number of hydrogen-bond acceptors (Lipinski definition) is 3. The van der Waals surface area contributed by atoms with Gasteiger partial charge in [0, 0.05) is 17.6 Å². The lowest BCUT2D eigenvalue weighted by Gasteiger charge is -2.16. The first-order valence-electron chi connectivity index (χ1n) is 4.28. The van der Waals surface area contributed by atoms with Gasteiger partial charge in [0.1, 0.15) is 6.07 Å². The number of pyridine rings is 1. The zero-order chi connectivity index (χ0) is 9.26. The van der Waals surface area contributed by atoms with Crippen LogP contribution < -0.4 is 0 Å². The Kier molecular flexibility index (Phi) is 2.24. The quantitative estimate of drug-likeness (QED) is 0.628. The van der Waals surface area contributed by atoms with Crippen molar-refractivity contribution < 1.29 is 0 Å². The fraction of sp³-hybridized carbons (Fsp3) is 0.400. The van der Waals surface area contributed by atoms with Gasteiger partial charge >= 0.3 is 0 Å². The van der Waals surface area contributed by atoms with Crippen molar-refractivity contribution in [1.82, 2.24) is 4.98 Å². The van der Waals surface area contributed by atoms with Gasteiger partial charge in [0.25, 0.3) is 0 Å². The molecule has 66 valence electrons. The van der Waals surface area contributed by atoms with Crippen molar-refractivity contribution in [3.63, 3.8) is 0 Å². The van der Waals surface area contributed by atoms with Gasteiger partial charge in [-0.2, -0.15) is 17.0 Å². The third-order valence-electron chi connectivity index (χ3n) is 2.40. The van der Waals surface area contributed by atoms with Crippen molar-refractivity contribution in [3.05, 3.63) is 28.6 Å². The second kappa shape index (κ2) is 3.39. The number of thioether (sulfide) groups is 1. The molecule has 0 fully saturated rings. The number of aryl methyl sites for hydroxylation is 1. The molecular weight excluding hydrogens is 180 g/mol. The van der Waals surface area contributed by atoms with E-state index in [9.17, 15) is 0 Å². The van der Waals surface area contributed by atoms with Crippen LogP contribution in [0, 0.1) is 18.3 Å². The number of rotatable bonds is 0. The summed E-state index contributed by atoms with van der Waals surface area (Å²) < 4.78 is 0. The van der Waals surface area contributed by atoms with E-state index in [-0.39, 0.29) is 0 Å². The molecule has 0 spiro atoms. The SMILES string of the molecule is Cc1c(C#N)cnc2c1CSCC2. The van der Waals surface area contributed by atoms with Gasteiger partial charge in [-0.3, -0.25) is 4.98 Å². The van der Waals surface area contributed by atoms with E-state index < -0.39 is 0 Å². The Labute approximate surface area is 82.0 Å². The molecule has 2 nitrogen and oxygen atoms in total. The molecule has 3 heteroatoms. The van der Waals surface area contributed by atoms with Crippen molar-refractivity contribution in [2.24, 2.45) is 0 Å². The fourth-order valence-electron chi connectivity index (χ4n) is 1.56. The Balaban J connectivity index is 2.56. The van der Waals surface area contributed by atoms with Gasteiger partial charge in [0.2, 0.25) is 0 Å². The van der Waals surface area contributed by atoms with Crippen LogP contribution in [0.2, 0.25) is 0 Å². The number of aromatic nitrogens is 1. The van der Waals surface area contributed by atoms with E-state index in [0.717, 1.165) is 29.1 Å². The van der Waals surface area contributed by atoms with Gasteiger partial charge in [0.05, 0.1) is 5.56 Å². The summed E-state index contributed by atoms with van der Waals surface area (Å²) in [7, 11) is 0. The van der Waals surface area contributed by atoms with Crippen LogP contribution in [0.3, 0.4) is 0 Å². The van der Waals surface area contributed by atoms with Crippen molar-refractivity contribution in [1.29, 1.82) is 5.26 Å². The summed E-state index contributed by atoms with van der Waals surface area (Å²) in [5.74, 6) is 2.18. The Morgan fingerprint density at radius 2 is 2.46 bits per heavy atom. The molecule has 0 amide bonds. The predicted molar refractivity (Wildman–Crippen MR) is 53.6 cm³/mol. The first-order valence-corrected chi connectivity index (χ1v) is 5.43. The second-order valence-electron chi connectivity index (χ2n) is 3.14. The molecule has 13 heavy (non-hydrogen) atoms. The van der Waals surface area contributed by atoms with Crippen LogP contribution in [0.4, 0.5) is 0 Å². The lowest BCUT2D eigenvalue weighted by molar-refractivity contribution is 0.973. The molecule has 0 saturated heterocycles. The average molecular weight is 190 g/mol. The normalized spacial score (nSPS) is 14.8. The van der Waals surface area contributed by atoms with Crippen molar-refractivity contribution >= 4 is 11.8 Å². The molecule has 0 saturated carbocycles. The van der Waals surface area contributed by atoms with Gasteiger partial charge in [0.15, 0.2) is 0 Å². The summed E-state index contributed by atoms with van der Waals surface area (Å²) in [5, 5.41) is 8.82. The highest BCUT2D eigenvalue weighted by atomic mass is 32.2. The van der Waals surface area contributed by atoms with Gasteiger partial charge in [-0.05, 0) is 30.2 Å². The summed E-state index contributed by atoms with van der Waals surface area (Å²) in [6.07, 6.45) is 2.75. The van der Waals surface area contributed by atoms with Gasteiger partial charge in [-0.1, -0.05) is 0 Å². The Hall–Kier alpha value is -1.01. The topological polar surface area (TPSA) is 36.7 Å². The maximum atomic E-state index is 8.82. The smallest absolute Gasteiger partial charge is 0.101 e. The van der Waals surface area contributed by atoms with E-state index in [0.29, 0.717) is 0 Å². The van der Waals surface area contributed by atoms with E-state index in [1.807, 2.05) is 18.7 Å². The molecule has 0 atom stereocenters. The van der Waals surface area contributed by atoms with Crippen molar-refractivity contribution in [3.8, 4) is 6.07 Å². The molecule has 1 aromatic rings. The van der Waals surface area contributed by atoms with E-state index in [4.69, 9.17) is 5.26 Å². The molecule has 2 heterocycles. The van der Waals surface area contributed by atoms with Crippen LogP contribution in [0.5, 0.6) is 0 Å². The lowest BCUT2D eigenvalue weighted by atomic mass is 10.0. The van der Waals surface area contributed by atoms with Crippen LogP contribution in [0.15, 0.2) is 6.20 Å². The first kappa shape index (κ1) is 8.58. The monoisotopic (exact) mass is 190 g/mol. The standard InChI is InChI=1S/C10H10N2S/c1-7-8(4-11)5-12-10-2-3-13-6-9(7)10/h5H,2-3,6H2,1H3. The van der Waals surface area contributed by atoms with Crippen LogP contribution >= 0.6 is 11.8 Å². The minimum atomic E-state index is 0.723. The maximum Gasteiger partial charge on any atom is 0.101 e. The molecule has 0 aliphatic carbocycles. The molecular formula is C10H10N2S. The Morgan fingerprint density at radius 3 is 3.23 bits per heavy atom. The maximum absolute atomic E-state index is 8.82. The number of fused-ring (bicyclic) bond motifs is 1. The number of nitrogens with zero attached hydrogens (tertiary/aromatic N) is 2. The third-order valence-corrected chi connectivity index (χ3v) is 3.39. The molecule has 0 radical (unpaired) electrons. The van der Waals surface area contributed by atoms with Crippen LogP contribution in [-0.2, 0) is 12.2 Å². The molecule has 1 aromatic heterocycles. The second-order valence-corrected chi connectivity index (χ2v) is 4.24. The first-order chi connectivity index (χ1) is 6.33. The summed E-state index contributed by atoms with van der Waals surface area (Å²) >= 11 is 1.92. The van der Waals surface area contributed by atoms with Crippen molar-refractivity contribution in [2.75, 3.05) is 5.75 Å². The lowest BCUT2D eigenvalue weighted by Crippen LogP contribution is -2.08. The van der Waals surface area contributed by atoms with Crippen LogP contribution in [0.1, 0.15) is 22.4 Å².